The van der Waals surface area contributed by atoms with Gasteiger partial charge in [0.05, 0.1) is 12.7 Å². The molecule has 1 aliphatic rings. The zero-order valence-electron chi connectivity index (χ0n) is 12.3. The van der Waals surface area contributed by atoms with Crippen molar-refractivity contribution < 1.29 is 14.6 Å². The van der Waals surface area contributed by atoms with Crippen LogP contribution in [0.1, 0.15) is 51.0 Å². The molecule has 1 unspecified atom stereocenters. The lowest BCUT2D eigenvalue weighted by Crippen LogP contribution is -2.29. The first kappa shape index (κ1) is 15.0. The van der Waals surface area contributed by atoms with Crippen molar-refractivity contribution in [2.24, 2.45) is 5.41 Å². The Morgan fingerprint density at radius 2 is 1.90 bits per heavy atom. The summed E-state index contributed by atoms with van der Waals surface area (Å²) in [7, 11) is 0. The number of hydrogen-bond acceptors (Lipinski definition) is 2. The fourth-order valence-corrected chi connectivity index (χ4v) is 2.77. The van der Waals surface area contributed by atoms with Gasteiger partial charge in [-0.1, -0.05) is 44.2 Å². The molecule has 1 aromatic rings. The highest BCUT2D eigenvalue weighted by Gasteiger charge is 2.28. The highest BCUT2D eigenvalue weighted by molar-refractivity contribution is 5.76. The van der Waals surface area contributed by atoms with Gasteiger partial charge in [0.2, 0.25) is 0 Å². The van der Waals surface area contributed by atoms with Crippen molar-refractivity contribution in [3.05, 3.63) is 35.9 Å². The van der Waals surface area contributed by atoms with E-state index in [-0.39, 0.29) is 12.7 Å². The summed E-state index contributed by atoms with van der Waals surface area (Å²) in [5, 5.41) is 9.36. The van der Waals surface area contributed by atoms with Crippen molar-refractivity contribution in [1.82, 2.24) is 0 Å². The van der Waals surface area contributed by atoms with Gasteiger partial charge < -0.3 is 9.84 Å². The molecule has 1 N–H and O–H groups in total. The van der Waals surface area contributed by atoms with E-state index in [1.165, 1.54) is 0 Å². The van der Waals surface area contributed by atoms with E-state index in [4.69, 9.17) is 4.74 Å². The molecule has 0 aliphatic heterocycles. The maximum absolute atomic E-state index is 11.4. The largest absolute Gasteiger partial charge is 0.481 e. The summed E-state index contributed by atoms with van der Waals surface area (Å²) in [5.74, 6) is -1.38. The molecule has 3 nitrogen and oxygen atoms in total. The van der Waals surface area contributed by atoms with Gasteiger partial charge in [0, 0.05) is 0 Å². The molecule has 0 saturated heterocycles. The summed E-state index contributed by atoms with van der Waals surface area (Å²) in [6.07, 6.45) is 4.59. The van der Waals surface area contributed by atoms with Gasteiger partial charge in [-0.25, -0.2) is 0 Å². The zero-order valence-corrected chi connectivity index (χ0v) is 12.3. The Labute approximate surface area is 121 Å². The normalized spacial score (nSPS) is 20.5. The fraction of sp³-hybridized carbons (Fsp3) is 0.588. The third kappa shape index (κ3) is 4.07. The maximum atomic E-state index is 11.4. The number of benzene rings is 1. The highest BCUT2D eigenvalue weighted by Crippen LogP contribution is 2.36. The van der Waals surface area contributed by atoms with E-state index in [0.29, 0.717) is 5.41 Å². The summed E-state index contributed by atoms with van der Waals surface area (Å²) in [6.45, 7) is 4.84. The summed E-state index contributed by atoms with van der Waals surface area (Å²) in [6, 6.07) is 9.34. The molecule has 0 spiro atoms. The van der Waals surface area contributed by atoms with Crippen molar-refractivity contribution in [2.75, 3.05) is 6.61 Å². The summed E-state index contributed by atoms with van der Waals surface area (Å²) < 4.78 is 5.87. The molecule has 0 aromatic heterocycles. The summed E-state index contributed by atoms with van der Waals surface area (Å²) in [4.78, 5) is 11.4. The number of aliphatic carboxylic acids is 1. The van der Waals surface area contributed by atoms with Gasteiger partial charge in [0.1, 0.15) is 5.92 Å². The maximum Gasteiger partial charge on any atom is 0.313 e. The second kappa shape index (κ2) is 6.40. The number of rotatable bonds is 5. The first-order chi connectivity index (χ1) is 9.48. The van der Waals surface area contributed by atoms with Gasteiger partial charge in [0.15, 0.2) is 0 Å². The van der Waals surface area contributed by atoms with Crippen LogP contribution in [0.25, 0.3) is 0 Å². The summed E-state index contributed by atoms with van der Waals surface area (Å²) >= 11 is 0. The third-order valence-electron chi connectivity index (χ3n) is 4.28. The minimum Gasteiger partial charge on any atom is -0.481 e. The minimum atomic E-state index is -0.813. The Bertz CT molecular complexity index is 429. The Balaban J connectivity index is 1.89. The van der Waals surface area contributed by atoms with Crippen molar-refractivity contribution in [3.8, 4) is 0 Å². The Hall–Kier alpha value is -1.35. The van der Waals surface area contributed by atoms with E-state index in [9.17, 15) is 9.90 Å². The van der Waals surface area contributed by atoms with Gasteiger partial charge in [-0.15, -0.1) is 0 Å². The van der Waals surface area contributed by atoms with Gasteiger partial charge in [-0.2, -0.15) is 0 Å². The van der Waals surface area contributed by atoms with Crippen LogP contribution in [-0.2, 0) is 9.53 Å². The summed E-state index contributed by atoms with van der Waals surface area (Å²) in [5.41, 5.74) is 1.22. The van der Waals surface area contributed by atoms with Crippen LogP contribution in [0.15, 0.2) is 30.3 Å². The van der Waals surface area contributed by atoms with E-state index in [0.717, 1.165) is 31.2 Å². The first-order valence-electron chi connectivity index (χ1n) is 7.37. The number of ether oxygens (including phenoxy) is 1. The van der Waals surface area contributed by atoms with Crippen molar-refractivity contribution in [1.29, 1.82) is 0 Å². The number of hydrogen-bond donors (Lipinski definition) is 1. The lowest BCUT2D eigenvalue weighted by Gasteiger charge is -2.34. The van der Waals surface area contributed by atoms with Crippen LogP contribution in [0.5, 0.6) is 0 Å². The molecule has 1 aromatic carbocycles. The second-order valence-electron chi connectivity index (χ2n) is 6.50. The quantitative estimate of drug-likeness (QED) is 0.888. The fourth-order valence-electron chi connectivity index (χ4n) is 2.77. The van der Waals surface area contributed by atoms with Gasteiger partial charge in [-0.3, -0.25) is 4.79 Å². The van der Waals surface area contributed by atoms with Crippen LogP contribution in [0.4, 0.5) is 0 Å². The van der Waals surface area contributed by atoms with Crippen LogP contribution < -0.4 is 0 Å². The molecular weight excluding hydrogens is 252 g/mol. The lowest BCUT2D eigenvalue weighted by molar-refractivity contribution is -0.141. The van der Waals surface area contributed by atoms with Crippen molar-refractivity contribution in [3.63, 3.8) is 0 Å². The van der Waals surface area contributed by atoms with Crippen molar-refractivity contribution in [2.45, 2.75) is 51.6 Å². The number of carbonyl (C=O) groups is 1. The third-order valence-corrected chi connectivity index (χ3v) is 4.28. The molecule has 0 bridgehead atoms. The first-order valence-corrected chi connectivity index (χ1v) is 7.37. The molecule has 3 heteroatoms. The molecular formula is C17H24O3. The van der Waals surface area contributed by atoms with E-state index in [1.807, 2.05) is 30.3 Å². The van der Waals surface area contributed by atoms with Gasteiger partial charge >= 0.3 is 5.97 Å². The van der Waals surface area contributed by atoms with Gasteiger partial charge in [0.25, 0.3) is 0 Å². The average molecular weight is 276 g/mol. The topological polar surface area (TPSA) is 46.5 Å². The van der Waals surface area contributed by atoms with Crippen LogP contribution in [-0.4, -0.2) is 23.8 Å². The molecule has 2 rings (SSSR count). The van der Waals surface area contributed by atoms with Gasteiger partial charge in [-0.05, 0) is 36.7 Å². The Morgan fingerprint density at radius 1 is 1.30 bits per heavy atom. The molecule has 1 fully saturated rings. The van der Waals surface area contributed by atoms with Crippen LogP contribution >= 0.6 is 0 Å². The zero-order chi connectivity index (χ0) is 14.6. The monoisotopic (exact) mass is 276 g/mol. The smallest absolute Gasteiger partial charge is 0.313 e. The molecule has 0 radical (unpaired) electrons. The standard InChI is InChI=1S/C17H24O3/c1-17(2)10-8-14(9-11-17)20-12-15(16(18)19)13-6-4-3-5-7-13/h3-7,14-15H,8-12H2,1-2H3,(H,18,19). The van der Waals surface area contributed by atoms with E-state index < -0.39 is 11.9 Å². The average Bonchev–Trinajstić information content (AvgIpc) is 2.41. The molecule has 0 amide bonds. The molecule has 0 heterocycles. The van der Waals surface area contributed by atoms with E-state index >= 15 is 0 Å². The van der Waals surface area contributed by atoms with E-state index in [2.05, 4.69) is 13.8 Å². The predicted molar refractivity (Wildman–Crippen MR) is 78.8 cm³/mol. The lowest BCUT2D eigenvalue weighted by atomic mass is 9.76. The molecule has 110 valence electrons. The van der Waals surface area contributed by atoms with Crippen LogP contribution in [0, 0.1) is 5.41 Å². The molecule has 1 aliphatic carbocycles. The number of carboxylic acids is 1. The molecule has 20 heavy (non-hydrogen) atoms. The second-order valence-corrected chi connectivity index (χ2v) is 6.50. The minimum absolute atomic E-state index is 0.216. The van der Waals surface area contributed by atoms with E-state index in [1.54, 1.807) is 0 Å². The number of carboxylic acid groups (broad SMARTS) is 1. The molecule has 1 saturated carbocycles. The Kier molecular flexibility index (Phi) is 4.81. The van der Waals surface area contributed by atoms with Crippen molar-refractivity contribution >= 4 is 5.97 Å². The predicted octanol–water partition coefficient (Wildman–Crippen LogP) is 3.84. The molecule has 1 atom stereocenters. The highest BCUT2D eigenvalue weighted by atomic mass is 16.5. The van der Waals surface area contributed by atoms with Crippen LogP contribution in [0.2, 0.25) is 0 Å². The van der Waals surface area contributed by atoms with Crippen LogP contribution in [0.3, 0.4) is 0 Å². The SMILES string of the molecule is CC1(C)CCC(OCC(C(=O)O)c2ccccc2)CC1. The Morgan fingerprint density at radius 3 is 2.45 bits per heavy atom.